The Kier molecular flexibility index (Phi) is 15.3. The van der Waals surface area contributed by atoms with Crippen molar-refractivity contribution in [3.05, 3.63) is 119 Å². The van der Waals surface area contributed by atoms with E-state index in [4.69, 9.17) is 4.42 Å². The van der Waals surface area contributed by atoms with Gasteiger partial charge in [0.1, 0.15) is 11.6 Å². The number of Topliss-reactive ketones (excluding diaryl/α,β-unsaturated/α-hetero) is 1. The summed E-state index contributed by atoms with van der Waals surface area (Å²) in [4.78, 5) is 31.0. The number of alkyl halides is 4. The number of hydrogen-bond acceptors (Lipinski definition) is 11. The van der Waals surface area contributed by atoms with E-state index in [-0.39, 0.29) is 53.1 Å². The molecule has 5 aromatic rings. The Hall–Kier alpha value is -5.90. The van der Waals surface area contributed by atoms with E-state index in [2.05, 4.69) is 20.2 Å². The first-order chi connectivity index (χ1) is 27.8. The van der Waals surface area contributed by atoms with Gasteiger partial charge in [0, 0.05) is 18.0 Å². The number of amides is 1. The van der Waals surface area contributed by atoms with E-state index >= 15 is 0 Å². The van der Waals surface area contributed by atoms with Crippen LogP contribution < -0.4 is 13.9 Å². The summed E-state index contributed by atoms with van der Waals surface area (Å²) >= 11 is 0. The largest absolute Gasteiger partial charge is 0.415 e. The van der Waals surface area contributed by atoms with Crippen LogP contribution in [0.4, 0.5) is 37.7 Å². The van der Waals surface area contributed by atoms with Crippen LogP contribution in [0.15, 0.2) is 77.5 Å². The molecule has 0 bridgehead atoms. The van der Waals surface area contributed by atoms with E-state index in [9.17, 15) is 52.8 Å². The number of nitrogens with one attached hydrogen (secondary N) is 1. The number of sulfonamides is 2. The smallest absolute Gasteiger partial charge is 0.315 e. The van der Waals surface area contributed by atoms with E-state index in [1.807, 2.05) is 0 Å². The van der Waals surface area contributed by atoms with Crippen molar-refractivity contribution in [2.45, 2.75) is 53.6 Å². The summed E-state index contributed by atoms with van der Waals surface area (Å²) in [5.74, 6) is -4.59. The zero-order chi connectivity index (χ0) is 43.7. The van der Waals surface area contributed by atoms with Crippen LogP contribution in [0.2, 0.25) is 0 Å². The van der Waals surface area contributed by atoms with E-state index in [0.29, 0.717) is 22.4 Å². The summed E-state index contributed by atoms with van der Waals surface area (Å²) in [6.45, 7) is 5.12. The minimum atomic E-state index is -3.75. The second-order valence-corrected chi connectivity index (χ2v) is 16.8. The average molecular weight is 870 g/mol. The molecule has 0 spiro atoms. The van der Waals surface area contributed by atoms with Crippen LogP contribution in [-0.2, 0) is 37.9 Å². The first kappa shape index (κ1) is 45.8. The zero-order valence-electron chi connectivity index (χ0n) is 31.7. The molecular weight excluding hydrogens is 833 g/mol. The van der Waals surface area contributed by atoms with Crippen LogP contribution in [0.5, 0.6) is 0 Å². The molecule has 5 rings (SSSR count). The van der Waals surface area contributed by atoms with Gasteiger partial charge in [-0.3, -0.25) is 28.2 Å². The van der Waals surface area contributed by atoms with Crippen molar-refractivity contribution in [3.63, 3.8) is 0 Å². The van der Waals surface area contributed by atoms with Crippen molar-refractivity contribution in [1.29, 1.82) is 0 Å². The van der Waals surface area contributed by atoms with Gasteiger partial charge >= 0.3 is 12.9 Å². The predicted octanol–water partition coefficient (Wildman–Crippen LogP) is 6.32. The molecule has 14 nitrogen and oxygen atoms in total. The van der Waals surface area contributed by atoms with Crippen LogP contribution in [0.1, 0.15) is 59.0 Å². The van der Waals surface area contributed by atoms with Crippen molar-refractivity contribution in [3.8, 4) is 11.5 Å². The first-order valence-corrected chi connectivity index (χ1v) is 20.6. The quantitative estimate of drug-likeness (QED) is 0.0864. The molecule has 2 aromatic carbocycles. The third kappa shape index (κ3) is 12.1. The lowest BCUT2D eigenvalue weighted by molar-refractivity contribution is -0.131. The maximum absolute atomic E-state index is 14.0. The lowest BCUT2D eigenvalue weighted by Crippen LogP contribution is -2.34. The van der Waals surface area contributed by atoms with Gasteiger partial charge in [0.25, 0.3) is 11.8 Å². The highest BCUT2D eigenvalue weighted by Crippen LogP contribution is 2.27. The highest BCUT2D eigenvalue weighted by molar-refractivity contribution is 7.93. The molecule has 0 aliphatic carbocycles. The summed E-state index contributed by atoms with van der Waals surface area (Å²) in [6, 6.07) is 14.0. The monoisotopic (exact) mass is 869 g/mol. The number of carbonyl (C=O) groups is 2. The second-order valence-electron chi connectivity index (χ2n) is 12.4. The van der Waals surface area contributed by atoms with Crippen molar-refractivity contribution < 1.29 is 57.2 Å². The number of nitrogens with zero attached hydrogens (tertiary/aromatic N) is 6. The fourth-order valence-electron chi connectivity index (χ4n) is 4.89. The normalized spacial score (nSPS) is 11.6. The Balaban J connectivity index is 0.000000261. The summed E-state index contributed by atoms with van der Waals surface area (Å²) in [5, 5.41) is 8.57. The molecule has 0 atom stereocenters. The molecule has 1 amide bonds. The highest BCUT2D eigenvalue weighted by Gasteiger charge is 2.25. The molecule has 0 saturated heterocycles. The number of hydrogen-bond donors (Lipinski definition) is 1. The molecule has 3 heterocycles. The van der Waals surface area contributed by atoms with E-state index < -0.39 is 68.7 Å². The molecular formula is C37H37F6N7O7S2. The van der Waals surface area contributed by atoms with E-state index in [1.54, 1.807) is 19.2 Å². The van der Waals surface area contributed by atoms with Crippen molar-refractivity contribution in [2.24, 2.45) is 0 Å². The van der Waals surface area contributed by atoms with Crippen LogP contribution in [0.25, 0.3) is 11.5 Å². The number of pyridine rings is 2. The number of rotatable bonds is 16. The van der Waals surface area contributed by atoms with Gasteiger partial charge in [-0.25, -0.2) is 25.6 Å². The van der Waals surface area contributed by atoms with Gasteiger partial charge in [-0.2, -0.15) is 17.6 Å². The minimum Gasteiger partial charge on any atom is -0.415 e. The fraction of sp³-hybridized carbons (Fsp3) is 0.297. The molecule has 0 aliphatic rings. The SMILES string of the molecule is CCS(=O)(=O)N(Cc1ccc(-c2nnc(C(F)F)o2)cn1)c1ccc(C)c(F)c1.CCS(=O)(=O)N(Cc1ccc(C(=O)CNC(=O)C(F)F)cn1)c1ccc(C)c(F)c1. The molecule has 0 aliphatic heterocycles. The van der Waals surface area contributed by atoms with Crippen molar-refractivity contribution in [2.75, 3.05) is 26.7 Å². The Morgan fingerprint density at radius 2 is 1.24 bits per heavy atom. The van der Waals surface area contributed by atoms with Crippen molar-refractivity contribution >= 4 is 43.1 Å². The lowest BCUT2D eigenvalue weighted by Gasteiger charge is -2.24. The number of carbonyl (C=O) groups excluding carboxylic acids is 2. The molecule has 3 aromatic heterocycles. The van der Waals surface area contributed by atoms with Gasteiger partial charge in [-0.05, 0) is 87.4 Å². The third-order valence-electron chi connectivity index (χ3n) is 8.37. The fourth-order valence-corrected chi connectivity index (χ4v) is 7.04. The molecule has 0 fully saturated rings. The van der Waals surface area contributed by atoms with E-state index in [1.165, 1.54) is 68.6 Å². The number of aromatic nitrogens is 4. The van der Waals surface area contributed by atoms with Gasteiger partial charge in [0.15, 0.2) is 5.78 Å². The summed E-state index contributed by atoms with van der Waals surface area (Å²) in [6.07, 6.45) is -3.65. The van der Waals surface area contributed by atoms with Gasteiger partial charge < -0.3 is 9.73 Å². The molecule has 0 unspecified atom stereocenters. The predicted molar refractivity (Wildman–Crippen MR) is 204 cm³/mol. The zero-order valence-corrected chi connectivity index (χ0v) is 33.4. The first-order valence-electron chi connectivity index (χ1n) is 17.4. The molecule has 59 heavy (non-hydrogen) atoms. The second kappa shape index (κ2) is 19.7. The third-order valence-corrected chi connectivity index (χ3v) is 11.8. The Morgan fingerprint density at radius 3 is 1.63 bits per heavy atom. The minimum absolute atomic E-state index is 0.0552. The summed E-state index contributed by atoms with van der Waals surface area (Å²) in [5.41, 5.74) is 2.08. The maximum Gasteiger partial charge on any atom is 0.315 e. The van der Waals surface area contributed by atoms with Crippen LogP contribution in [0.3, 0.4) is 0 Å². The summed E-state index contributed by atoms with van der Waals surface area (Å²) in [7, 11) is -7.46. The molecule has 22 heteroatoms. The summed E-state index contributed by atoms with van der Waals surface area (Å²) < 4.78 is 134. The van der Waals surface area contributed by atoms with Crippen LogP contribution >= 0.6 is 0 Å². The number of halogens is 6. The topological polar surface area (TPSA) is 186 Å². The van der Waals surface area contributed by atoms with Crippen molar-refractivity contribution in [1.82, 2.24) is 25.5 Å². The molecule has 0 saturated carbocycles. The van der Waals surface area contributed by atoms with Gasteiger partial charge in [0.05, 0.1) is 59.5 Å². The van der Waals surface area contributed by atoms with Gasteiger partial charge in [0.2, 0.25) is 25.9 Å². The molecule has 1 N–H and O–H groups in total. The number of ketones is 1. The Bertz CT molecular complexity index is 2470. The number of benzene rings is 2. The average Bonchev–Trinajstić information content (AvgIpc) is 3.72. The van der Waals surface area contributed by atoms with Gasteiger partial charge in [-0.15, -0.1) is 10.2 Å². The standard InChI is InChI=1S/C19H20F3N3O4S.C18H17F3N4O3S/c1-3-30(28,29)25(15-7-4-12(2)16(20)8-15)11-14-6-5-13(9-23-14)17(26)10-24-19(27)18(21)22;1-3-29(26,27)25(14-7-4-11(2)15(19)8-14)10-13-6-5-12(9-22-13)17-23-24-18(28-17)16(20)21/h4-9,18H,3,10-11H2,1-2H3,(H,24,27);4-9,16H,3,10H2,1-2H3. The Morgan fingerprint density at radius 1 is 0.729 bits per heavy atom. The molecule has 316 valence electrons. The van der Waals surface area contributed by atoms with E-state index in [0.717, 1.165) is 26.9 Å². The van der Waals surface area contributed by atoms with Gasteiger partial charge in [-0.1, -0.05) is 12.1 Å². The number of aryl methyl sites for hydroxylation is 2. The lowest BCUT2D eigenvalue weighted by atomic mass is 10.1. The Labute approximate surface area is 335 Å². The van der Waals surface area contributed by atoms with Crippen LogP contribution in [0, 0.1) is 25.5 Å². The number of anilines is 2. The maximum atomic E-state index is 14.0. The molecule has 0 radical (unpaired) electrons. The van der Waals surface area contributed by atoms with Crippen LogP contribution in [-0.4, -0.2) is 73.2 Å². The highest BCUT2D eigenvalue weighted by atomic mass is 32.2.